The molecule has 0 amide bonds. The summed E-state index contributed by atoms with van der Waals surface area (Å²) in [5, 5.41) is 0. The Kier molecular flexibility index (Phi) is 6.35. The first kappa shape index (κ1) is 15.5. The van der Waals surface area contributed by atoms with Gasteiger partial charge in [-0.1, -0.05) is 81.0 Å². The van der Waals surface area contributed by atoms with E-state index < -0.39 is 0 Å². The van der Waals surface area contributed by atoms with Gasteiger partial charge in [-0.05, 0) is 36.8 Å². The molecule has 0 heteroatoms. The maximum Gasteiger partial charge on any atom is -0.0155 e. The average Bonchev–Trinajstić information content (AvgIpc) is 2.38. The summed E-state index contributed by atoms with van der Waals surface area (Å²) < 4.78 is 0. The van der Waals surface area contributed by atoms with Crippen molar-refractivity contribution in [2.75, 3.05) is 0 Å². The maximum atomic E-state index is 3.95. The van der Waals surface area contributed by atoms with Crippen molar-refractivity contribution >= 4 is 0 Å². The molecule has 0 N–H and O–H groups in total. The van der Waals surface area contributed by atoms with E-state index >= 15 is 0 Å². The zero-order valence-corrected chi connectivity index (χ0v) is 12.6. The standard InChI is InChI=1S/C19H26/c1-6-9-18-13-12-17(5)19(14-18)11-8-7-10-16(4)15(2)3/h7-8,10-11,13-14,17H,2,4,6,9,12H2,1,3,5H3/b10-7-,11-8+. The van der Waals surface area contributed by atoms with Crippen LogP contribution in [0.1, 0.15) is 40.0 Å². The van der Waals surface area contributed by atoms with Crippen molar-refractivity contribution < 1.29 is 0 Å². The molecule has 1 unspecified atom stereocenters. The molecule has 0 bridgehead atoms. The smallest absolute Gasteiger partial charge is 0.0155 e. The Hall–Kier alpha value is -1.56. The Bertz CT molecular complexity index is 452. The number of allylic oxidation sites excluding steroid dienone is 10. The predicted octanol–water partition coefficient (Wildman–Crippen LogP) is 5.92. The molecule has 0 aromatic carbocycles. The normalized spacial score (nSPS) is 19.6. The van der Waals surface area contributed by atoms with Gasteiger partial charge in [-0.25, -0.2) is 0 Å². The number of hydrogen-bond donors (Lipinski definition) is 0. The molecule has 102 valence electrons. The van der Waals surface area contributed by atoms with E-state index in [2.05, 4.69) is 51.3 Å². The molecular weight excluding hydrogens is 228 g/mol. The van der Waals surface area contributed by atoms with Gasteiger partial charge >= 0.3 is 0 Å². The van der Waals surface area contributed by atoms with E-state index in [1.54, 1.807) is 0 Å². The minimum absolute atomic E-state index is 0.620. The van der Waals surface area contributed by atoms with E-state index in [0.717, 1.165) is 17.6 Å². The van der Waals surface area contributed by atoms with Gasteiger partial charge in [0, 0.05) is 0 Å². The topological polar surface area (TPSA) is 0 Å². The molecule has 0 saturated carbocycles. The van der Waals surface area contributed by atoms with E-state index in [9.17, 15) is 0 Å². The first-order valence-electron chi connectivity index (χ1n) is 7.14. The molecule has 1 rings (SSSR count). The zero-order chi connectivity index (χ0) is 14.3. The van der Waals surface area contributed by atoms with Crippen LogP contribution in [0.4, 0.5) is 0 Å². The van der Waals surface area contributed by atoms with Crippen molar-refractivity contribution in [2.24, 2.45) is 5.92 Å². The van der Waals surface area contributed by atoms with E-state index in [1.165, 1.54) is 24.0 Å². The molecule has 0 radical (unpaired) electrons. The molecule has 0 heterocycles. The van der Waals surface area contributed by atoms with Gasteiger partial charge in [-0.15, -0.1) is 0 Å². The highest BCUT2D eigenvalue weighted by Gasteiger charge is 2.10. The summed E-state index contributed by atoms with van der Waals surface area (Å²) in [5.74, 6) is 0.620. The second kappa shape index (κ2) is 7.78. The number of hydrogen-bond acceptors (Lipinski definition) is 0. The van der Waals surface area contributed by atoms with Crippen molar-refractivity contribution in [3.63, 3.8) is 0 Å². The summed E-state index contributed by atoms with van der Waals surface area (Å²) in [6, 6.07) is 0. The van der Waals surface area contributed by atoms with Crippen LogP contribution < -0.4 is 0 Å². The van der Waals surface area contributed by atoms with Crippen LogP contribution in [0.5, 0.6) is 0 Å². The SMILES string of the molecule is C=C(C)C(=C)/C=C\C=C\C1=CC(CCC)=CCC1C. The Balaban J connectivity index is 2.66. The average molecular weight is 254 g/mol. The molecule has 0 aliphatic heterocycles. The van der Waals surface area contributed by atoms with Gasteiger partial charge in [0.25, 0.3) is 0 Å². The summed E-state index contributed by atoms with van der Waals surface area (Å²) in [6.45, 7) is 14.3. The van der Waals surface area contributed by atoms with Gasteiger partial charge in [0.05, 0.1) is 0 Å². The zero-order valence-electron chi connectivity index (χ0n) is 12.6. The van der Waals surface area contributed by atoms with Crippen molar-refractivity contribution in [3.8, 4) is 0 Å². The molecule has 0 aromatic heterocycles. The summed E-state index contributed by atoms with van der Waals surface area (Å²) in [7, 11) is 0. The predicted molar refractivity (Wildman–Crippen MR) is 87.1 cm³/mol. The van der Waals surface area contributed by atoms with E-state index in [0.29, 0.717) is 5.92 Å². The van der Waals surface area contributed by atoms with Crippen molar-refractivity contribution in [2.45, 2.75) is 40.0 Å². The summed E-state index contributed by atoms with van der Waals surface area (Å²) >= 11 is 0. The van der Waals surface area contributed by atoms with Gasteiger partial charge in [-0.2, -0.15) is 0 Å². The highest BCUT2D eigenvalue weighted by atomic mass is 14.2. The first-order chi connectivity index (χ1) is 9.04. The van der Waals surface area contributed by atoms with E-state index in [1.807, 2.05) is 19.1 Å². The van der Waals surface area contributed by atoms with Crippen LogP contribution in [0.15, 0.2) is 71.9 Å². The molecule has 1 atom stereocenters. The third kappa shape index (κ3) is 5.30. The molecule has 19 heavy (non-hydrogen) atoms. The monoisotopic (exact) mass is 254 g/mol. The Morgan fingerprint density at radius 3 is 2.74 bits per heavy atom. The van der Waals surface area contributed by atoms with Gasteiger partial charge in [-0.3, -0.25) is 0 Å². The van der Waals surface area contributed by atoms with Gasteiger partial charge in [0.1, 0.15) is 0 Å². The summed E-state index contributed by atoms with van der Waals surface area (Å²) in [5.41, 5.74) is 4.91. The maximum absolute atomic E-state index is 3.95. The molecule has 0 saturated heterocycles. The summed E-state index contributed by atoms with van der Waals surface area (Å²) in [6.07, 6.45) is 16.7. The summed E-state index contributed by atoms with van der Waals surface area (Å²) in [4.78, 5) is 0. The molecule has 0 spiro atoms. The third-order valence-corrected chi connectivity index (χ3v) is 3.44. The molecule has 0 nitrogen and oxygen atoms in total. The van der Waals surface area contributed by atoms with Crippen LogP contribution in [0, 0.1) is 5.92 Å². The van der Waals surface area contributed by atoms with Crippen molar-refractivity contribution in [1.82, 2.24) is 0 Å². The third-order valence-electron chi connectivity index (χ3n) is 3.44. The van der Waals surface area contributed by atoms with Gasteiger partial charge < -0.3 is 0 Å². The molecule has 1 aliphatic carbocycles. The van der Waals surface area contributed by atoms with Crippen molar-refractivity contribution in [3.05, 3.63) is 71.9 Å². The molecule has 0 fully saturated rings. The fourth-order valence-corrected chi connectivity index (χ4v) is 2.04. The van der Waals surface area contributed by atoms with Crippen LogP contribution in [0.25, 0.3) is 0 Å². The largest absolute Gasteiger partial charge is 0.0955 e. The van der Waals surface area contributed by atoms with Crippen LogP contribution in [0.3, 0.4) is 0 Å². The van der Waals surface area contributed by atoms with Gasteiger partial charge in [0.15, 0.2) is 0 Å². The first-order valence-corrected chi connectivity index (χ1v) is 7.14. The fraction of sp³-hybridized carbons (Fsp3) is 0.368. The Morgan fingerprint density at radius 1 is 1.37 bits per heavy atom. The van der Waals surface area contributed by atoms with Gasteiger partial charge in [0.2, 0.25) is 0 Å². The van der Waals surface area contributed by atoms with Crippen LogP contribution in [-0.2, 0) is 0 Å². The van der Waals surface area contributed by atoms with E-state index in [4.69, 9.17) is 0 Å². The lowest BCUT2D eigenvalue weighted by molar-refractivity contribution is 0.691. The fourth-order valence-electron chi connectivity index (χ4n) is 2.04. The van der Waals surface area contributed by atoms with Crippen LogP contribution in [-0.4, -0.2) is 0 Å². The minimum atomic E-state index is 0.620. The molecular formula is C19H26. The number of rotatable bonds is 6. The lowest BCUT2D eigenvalue weighted by Crippen LogP contribution is -2.02. The molecule has 0 aromatic rings. The Labute approximate surface area is 118 Å². The minimum Gasteiger partial charge on any atom is -0.0955 e. The molecule has 1 aliphatic rings. The lowest BCUT2D eigenvalue weighted by Gasteiger charge is -2.17. The second-order valence-corrected chi connectivity index (χ2v) is 5.33. The van der Waals surface area contributed by atoms with Crippen molar-refractivity contribution in [1.29, 1.82) is 0 Å². The van der Waals surface area contributed by atoms with Crippen LogP contribution in [0.2, 0.25) is 0 Å². The lowest BCUT2D eigenvalue weighted by atomic mass is 9.88. The highest BCUT2D eigenvalue weighted by molar-refractivity contribution is 5.39. The quantitative estimate of drug-likeness (QED) is 0.516. The highest BCUT2D eigenvalue weighted by Crippen LogP contribution is 2.26. The Morgan fingerprint density at radius 2 is 2.11 bits per heavy atom. The van der Waals surface area contributed by atoms with E-state index in [-0.39, 0.29) is 0 Å². The van der Waals surface area contributed by atoms with Crippen LogP contribution >= 0.6 is 0 Å². The second-order valence-electron chi connectivity index (χ2n) is 5.33.